The van der Waals surface area contributed by atoms with Crippen LogP contribution in [0.1, 0.15) is 42.1 Å². The zero-order valence-corrected chi connectivity index (χ0v) is 21.1. The van der Waals surface area contributed by atoms with E-state index in [1.165, 1.54) is 11.3 Å². The quantitative estimate of drug-likeness (QED) is 0.646. The van der Waals surface area contributed by atoms with Crippen molar-refractivity contribution in [2.75, 3.05) is 40.3 Å². The maximum atomic E-state index is 13.1. The molecule has 1 aromatic carbocycles. The van der Waals surface area contributed by atoms with Gasteiger partial charge >= 0.3 is 0 Å². The molecule has 3 rings (SSSR count). The summed E-state index contributed by atoms with van der Waals surface area (Å²) in [7, 11) is 4.08. The predicted octanol–water partition coefficient (Wildman–Crippen LogP) is 4.33. The number of benzene rings is 1. The van der Waals surface area contributed by atoms with Crippen molar-refractivity contribution < 1.29 is 9.59 Å². The third-order valence-corrected chi connectivity index (χ3v) is 7.13. The fourth-order valence-corrected chi connectivity index (χ4v) is 5.43. The summed E-state index contributed by atoms with van der Waals surface area (Å²) in [5, 5.41) is 4.56. The van der Waals surface area contributed by atoms with Crippen LogP contribution in [-0.4, -0.2) is 66.9 Å². The normalized spacial score (nSPS) is 15.3. The van der Waals surface area contributed by atoms with Crippen molar-refractivity contribution in [2.24, 2.45) is 11.3 Å². The highest BCUT2D eigenvalue weighted by Gasteiger charge is 2.30. The van der Waals surface area contributed by atoms with Crippen LogP contribution in [0.2, 0.25) is 5.02 Å². The lowest BCUT2D eigenvalue weighted by atomic mass is 9.91. The number of amides is 2. The summed E-state index contributed by atoms with van der Waals surface area (Å²) in [5.41, 5.74) is 1.66. The van der Waals surface area contributed by atoms with Gasteiger partial charge in [-0.2, -0.15) is 0 Å². The summed E-state index contributed by atoms with van der Waals surface area (Å²) in [4.78, 5) is 35.0. The van der Waals surface area contributed by atoms with E-state index in [0.29, 0.717) is 42.4 Å². The molecule has 0 bridgehead atoms. The third-order valence-electron chi connectivity index (χ3n) is 5.70. The van der Waals surface area contributed by atoms with E-state index in [4.69, 9.17) is 11.6 Å². The van der Waals surface area contributed by atoms with Crippen LogP contribution in [0.25, 0.3) is 10.6 Å². The first kappa shape index (κ1) is 24.7. The van der Waals surface area contributed by atoms with Gasteiger partial charge in [0.1, 0.15) is 9.88 Å². The molecule has 0 radical (unpaired) electrons. The monoisotopic (exact) mass is 476 g/mol. The van der Waals surface area contributed by atoms with Crippen LogP contribution in [0.5, 0.6) is 0 Å². The van der Waals surface area contributed by atoms with E-state index in [-0.39, 0.29) is 23.1 Å². The van der Waals surface area contributed by atoms with Gasteiger partial charge in [0.2, 0.25) is 5.91 Å². The summed E-state index contributed by atoms with van der Waals surface area (Å²) in [6.07, 6.45) is 1.37. The van der Waals surface area contributed by atoms with Gasteiger partial charge < -0.3 is 15.1 Å². The second kappa shape index (κ2) is 10.3. The number of carbonyl (C=O) groups is 2. The molecule has 0 spiro atoms. The fourth-order valence-electron chi connectivity index (χ4n) is 4.21. The predicted molar refractivity (Wildman–Crippen MR) is 131 cm³/mol. The number of aromatic nitrogens is 1. The number of likely N-dealkylation sites (tertiary alicyclic amines) is 1. The minimum Gasteiger partial charge on any atom is -0.355 e. The highest BCUT2D eigenvalue weighted by Crippen LogP contribution is 2.31. The van der Waals surface area contributed by atoms with Crippen molar-refractivity contribution in [3.63, 3.8) is 0 Å². The van der Waals surface area contributed by atoms with Gasteiger partial charge in [-0.05, 0) is 51.4 Å². The van der Waals surface area contributed by atoms with Crippen LogP contribution in [-0.2, 0) is 4.79 Å². The van der Waals surface area contributed by atoms with Gasteiger partial charge in [0, 0.05) is 42.7 Å². The Morgan fingerprint density at radius 1 is 1.28 bits per heavy atom. The number of thiazole rings is 1. The largest absolute Gasteiger partial charge is 0.355 e. The Morgan fingerprint density at radius 3 is 2.59 bits per heavy atom. The Kier molecular flexibility index (Phi) is 7.96. The lowest BCUT2D eigenvalue weighted by Crippen LogP contribution is -2.46. The first-order valence-corrected chi connectivity index (χ1v) is 12.2. The smallest absolute Gasteiger partial charge is 0.265 e. The number of nitrogens with one attached hydrogen (secondary N) is 1. The maximum absolute atomic E-state index is 13.1. The van der Waals surface area contributed by atoms with Crippen LogP contribution in [0.15, 0.2) is 24.3 Å². The lowest BCUT2D eigenvalue weighted by Gasteiger charge is -2.33. The van der Waals surface area contributed by atoms with E-state index in [1.54, 1.807) is 0 Å². The topological polar surface area (TPSA) is 65.5 Å². The Labute approximate surface area is 200 Å². The molecule has 1 saturated heterocycles. The van der Waals surface area contributed by atoms with E-state index >= 15 is 0 Å². The van der Waals surface area contributed by atoms with Crippen LogP contribution in [0.4, 0.5) is 0 Å². The summed E-state index contributed by atoms with van der Waals surface area (Å²) < 4.78 is 0. The Morgan fingerprint density at radius 2 is 1.97 bits per heavy atom. The summed E-state index contributed by atoms with van der Waals surface area (Å²) in [5.74, 6) is 0.0548. The molecular weight excluding hydrogens is 444 g/mol. The second-order valence-electron chi connectivity index (χ2n) is 9.63. The average molecular weight is 477 g/mol. The van der Waals surface area contributed by atoms with Gasteiger partial charge in [-0.1, -0.05) is 37.6 Å². The summed E-state index contributed by atoms with van der Waals surface area (Å²) in [6.45, 7) is 8.91. The fraction of sp³-hybridized carbons (Fsp3) is 0.542. The van der Waals surface area contributed by atoms with Gasteiger partial charge in [0.25, 0.3) is 5.91 Å². The van der Waals surface area contributed by atoms with Crippen molar-refractivity contribution in [3.05, 3.63) is 39.9 Å². The van der Waals surface area contributed by atoms with Crippen LogP contribution < -0.4 is 5.32 Å². The van der Waals surface area contributed by atoms with Crippen LogP contribution in [0, 0.1) is 18.3 Å². The summed E-state index contributed by atoms with van der Waals surface area (Å²) in [6, 6.07) is 7.51. The molecule has 0 saturated carbocycles. The molecular formula is C24H33ClN4O2S. The SMILES string of the molecule is Cc1nc(-c2cccc(Cl)c2)sc1C(=O)N1CCC(C(=O)NCC(C)(C)CN(C)C)CC1. The van der Waals surface area contributed by atoms with Crippen LogP contribution in [0.3, 0.4) is 0 Å². The number of hydrogen-bond acceptors (Lipinski definition) is 5. The number of carbonyl (C=O) groups excluding carboxylic acids is 2. The number of rotatable bonds is 7. The molecule has 174 valence electrons. The van der Waals surface area contributed by atoms with Crippen molar-refractivity contribution in [2.45, 2.75) is 33.6 Å². The molecule has 32 heavy (non-hydrogen) atoms. The average Bonchev–Trinajstić information content (AvgIpc) is 3.12. The molecule has 1 aromatic heterocycles. The molecule has 1 fully saturated rings. The number of aryl methyl sites for hydroxylation is 1. The highest BCUT2D eigenvalue weighted by molar-refractivity contribution is 7.17. The lowest BCUT2D eigenvalue weighted by molar-refractivity contribution is -0.126. The molecule has 2 aromatic rings. The van der Waals surface area contributed by atoms with Crippen LogP contribution >= 0.6 is 22.9 Å². The van der Waals surface area contributed by atoms with Gasteiger partial charge in [-0.15, -0.1) is 11.3 Å². The van der Waals surface area contributed by atoms with E-state index in [9.17, 15) is 9.59 Å². The number of hydrogen-bond donors (Lipinski definition) is 1. The maximum Gasteiger partial charge on any atom is 0.265 e. The zero-order chi connectivity index (χ0) is 23.5. The Balaban J connectivity index is 1.56. The van der Waals surface area contributed by atoms with E-state index in [2.05, 4.69) is 29.0 Å². The molecule has 8 heteroatoms. The Hall–Kier alpha value is -1.96. The van der Waals surface area contributed by atoms with Crippen molar-refractivity contribution >= 4 is 34.8 Å². The molecule has 0 unspecified atom stereocenters. The first-order valence-electron chi connectivity index (χ1n) is 11.0. The molecule has 6 nitrogen and oxygen atoms in total. The Bertz CT molecular complexity index is 965. The highest BCUT2D eigenvalue weighted by atomic mass is 35.5. The first-order chi connectivity index (χ1) is 15.1. The van der Waals surface area contributed by atoms with Gasteiger partial charge in [-0.3, -0.25) is 9.59 Å². The minimum atomic E-state index is -0.0428. The number of piperidine rings is 1. The molecule has 1 aliphatic heterocycles. The molecule has 1 aliphatic rings. The van der Waals surface area contributed by atoms with Crippen molar-refractivity contribution in [1.82, 2.24) is 20.1 Å². The second-order valence-corrected chi connectivity index (χ2v) is 11.1. The van der Waals surface area contributed by atoms with Gasteiger partial charge in [0.15, 0.2) is 0 Å². The standard InChI is InChI=1S/C24H33ClN4O2S/c1-16-20(32-22(27-16)18-7-6-8-19(25)13-18)23(31)29-11-9-17(10-12-29)21(30)26-14-24(2,3)15-28(4)5/h6-8,13,17H,9-12,14-15H2,1-5H3,(H,26,30). The number of halogens is 1. The molecule has 2 heterocycles. The molecule has 0 aliphatic carbocycles. The van der Waals surface area contributed by atoms with Crippen molar-refractivity contribution in [3.8, 4) is 10.6 Å². The van der Waals surface area contributed by atoms with E-state index < -0.39 is 0 Å². The minimum absolute atomic E-state index is 0.000692. The van der Waals surface area contributed by atoms with Crippen molar-refractivity contribution in [1.29, 1.82) is 0 Å². The molecule has 2 amide bonds. The van der Waals surface area contributed by atoms with E-state index in [1.807, 2.05) is 50.2 Å². The summed E-state index contributed by atoms with van der Waals surface area (Å²) >= 11 is 7.50. The van der Waals surface area contributed by atoms with Gasteiger partial charge in [0.05, 0.1) is 5.69 Å². The number of nitrogens with zero attached hydrogens (tertiary/aromatic N) is 3. The van der Waals surface area contributed by atoms with E-state index in [0.717, 1.165) is 22.8 Å². The third kappa shape index (κ3) is 6.30. The van der Waals surface area contributed by atoms with Gasteiger partial charge in [-0.25, -0.2) is 4.98 Å². The molecule has 0 atom stereocenters. The zero-order valence-electron chi connectivity index (χ0n) is 19.6. The molecule has 1 N–H and O–H groups in total.